The zero-order chi connectivity index (χ0) is 43.5. The molecule has 0 atom stereocenters. The summed E-state index contributed by atoms with van der Waals surface area (Å²) in [5.74, 6) is 0. The van der Waals surface area contributed by atoms with E-state index in [2.05, 4.69) is 228 Å². The van der Waals surface area contributed by atoms with Gasteiger partial charge in [-0.3, -0.25) is 0 Å². The average molecular weight is 810 g/mol. The molecule has 0 saturated carbocycles. The van der Waals surface area contributed by atoms with Gasteiger partial charge in [0.1, 0.15) is 66.1 Å². The van der Waals surface area contributed by atoms with Crippen molar-refractivity contribution in [3.63, 3.8) is 0 Å². The van der Waals surface area contributed by atoms with Crippen molar-refractivity contribution in [2.75, 3.05) is 0 Å². The van der Waals surface area contributed by atoms with Gasteiger partial charge in [-0.05, 0) is 87.3 Å². The summed E-state index contributed by atoms with van der Waals surface area (Å²) < 4.78 is 11.5. The van der Waals surface area contributed by atoms with Crippen LogP contribution in [0.25, 0.3) is 110 Å². The number of fused-ring (bicyclic) bond motifs is 9. The number of aromatic nitrogens is 2. The van der Waals surface area contributed by atoms with Crippen LogP contribution in [0.3, 0.4) is 0 Å². The fourth-order valence-electron chi connectivity index (χ4n) is 11.0. The first-order valence-electron chi connectivity index (χ1n) is 22.4. The van der Waals surface area contributed by atoms with Gasteiger partial charge in [0.15, 0.2) is 0 Å². The first-order chi connectivity index (χ1) is 31.2. The Bertz CT molecular complexity index is 3930. The van der Waals surface area contributed by atoms with E-state index in [-0.39, 0.29) is 0 Å². The fraction of sp³-hybridized carbons (Fsp3) is 0. The fourth-order valence-corrected chi connectivity index (χ4v) is 11.0. The predicted molar refractivity (Wildman–Crippen MR) is 296 cm³/mol. The van der Waals surface area contributed by atoms with Gasteiger partial charge in [-0.2, -0.15) is 0 Å². The molecule has 0 N–H and O–H groups in total. The lowest BCUT2D eigenvalue weighted by atomic mass is 9.64. The molecule has 0 spiro atoms. The summed E-state index contributed by atoms with van der Waals surface area (Å²) in [6.07, 6.45) is 0. The van der Waals surface area contributed by atoms with Crippen LogP contribution < -0.4 is 38.2 Å². The molecule has 3 nitrogen and oxygen atoms in total. The molecular weight excluding hydrogens is 768 g/mol. The van der Waals surface area contributed by atoms with Crippen molar-refractivity contribution >= 4 is 159 Å². The second-order valence-electron chi connectivity index (χ2n) is 17.9. The molecule has 9 aromatic carbocycles. The molecule has 0 unspecified atom stereocenters. The molecule has 3 heterocycles. The third-order valence-electron chi connectivity index (χ3n) is 14.6. The third kappa shape index (κ3) is 5.51. The van der Waals surface area contributed by atoms with E-state index in [0.29, 0.717) is 0 Å². The van der Waals surface area contributed by atoms with Gasteiger partial charge in [0.05, 0.1) is 22.1 Å². The maximum absolute atomic E-state index is 6.50. The number of furan rings is 1. The maximum Gasteiger partial charge on any atom is 0.141 e. The molecule has 0 aliphatic rings. The molecule has 294 valence electrons. The first-order valence-corrected chi connectivity index (χ1v) is 22.4. The van der Waals surface area contributed by atoms with E-state index in [1.54, 1.807) is 0 Å². The summed E-state index contributed by atoms with van der Waals surface area (Å²) in [5.41, 5.74) is 25.7. The van der Waals surface area contributed by atoms with E-state index in [1.165, 1.54) is 115 Å². The van der Waals surface area contributed by atoms with Gasteiger partial charge < -0.3 is 13.6 Å². The Morgan fingerprint density at radius 2 is 0.922 bits per heavy atom. The molecule has 12 aromatic rings. The van der Waals surface area contributed by atoms with Crippen molar-refractivity contribution in [3.8, 4) is 44.8 Å². The molecule has 0 fully saturated rings. The van der Waals surface area contributed by atoms with Gasteiger partial charge in [0.25, 0.3) is 0 Å². The second kappa shape index (κ2) is 14.4. The van der Waals surface area contributed by atoms with Gasteiger partial charge in [-0.1, -0.05) is 148 Å². The lowest BCUT2D eigenvalue weighted by Crippen LogP contribution is -2.48. The zero-order valence-corrected chi connectivity index (χ0v) is 37.4. The number of para-hydroxylation sites is 1. The predicted octanol–water partition coefficient (Wildman–Crippen LogP) is 2.59. The molecule has 3 aromatic heterocycles. The monoisotopic (exact) mass is 810 g/mol. The van der Waals surface area contributed by atoms with E-state index >= 15 is 0 Å². The van der Waals surface area contributed by atoms with E-state index in [0.717, 1.165) is 33.3 Å². The van der Waals surface area contributed by atoms with E-state index in [4.69, 9.17) is 4.42 Å². The highest BCUT2D eigenvalue weighted by Gasteiger charge is 2.27. The molecule has 0 saturated heterocycles. The summed E-state index contributed by atoms with van der Waals surface area (Å²) in [7, 11) is 16.3. The standard InChI is InChI=1S/C54H41B7N2O/c55-46-42(47(56)51(60)53-44(46)45-48(57)49(58)50(59)52(61)54(45)63(53)38-18-10-20-41-43(38)35-17-7-8-19-40(35)64-41)32-22-24-37-36(26-32)34-23-21-31(29-13-5-2-6-14-29)27-39(34)62(37)33-16-9-15-30(25-33)28-11-3-1-4-12-28/h1-27H,55-61H2. The normalized spacial score (nSPS) is 11.9. The number of rotatable bonds is 5. The summed E-state index contributed by atoms with van der Waals surface area (Å²) in [4.78, 5) is 0. The SMILES string of the molecule is Bc1c(B)c(B)c2c(c1B)c1c(B)c(-c3ccc4c(c3)c3ccc(-c5ccccc5)cc3n4-c3cccc(-c4ccccc4)c3)c(B)c(B)c1n2-c1cccc2oc3ccccc3c12. The van der Waals surface area contributed by atoms with E-state index in [9.17, 15) is 0 Å². The van der Waals surface area contributed by atoms with Crippen molar-refractivity contribution in [2.24, 2.45) is 0 Å². The first kappa shape index (κ1) is 38.5. The van der Waals surface area contributed by atoms with Crippen molar-refractivity contribution in [3.05, 3.63) is 164 Å². The van der Waals surface area contributed by atoms with Crippen LogP contribution in [0, 0.1) is 0 Å². The van der Waals surface area contributed by atoms with Crippen molar-refractivity contribution in [1.82, 2.24) is 9.13 Å². The Balaban J connectivity index is 1.15. The van der Waals surface area contributed by atoms with E-state index < -0.39 is 0 Å². The Kier molecular flexibility index (Phi) is 8.69. The lowest BCUT2D eigenvalue weighted by Gasteiger charge is -2.19. The quantitative estimate of drug-likeness (QED) is 0.246. The molecule has 0 aliphatic carbocycles. The summed E-state index contributed by atoms with van der Waals surface area (Å²) >= 11 is 0. The van der Waals surface area contributed by atoms with E-state index in [1.807, 2.05) is 0 Å². The lowest BCUT2D eigenvalue weighted by molar-refractivity contribution is 0.669. The summed E-state index contributed by atoms with van der Waals surface area (Å²) in [6.45, 7) is 0. The summed E-state index contributed by atoms with van der Waals surface area (Å²) in [6, 6.07) is 59.6. The molecule has 0 radical (unpaired) electrons. The number of benzene rings is 9. The molecule has 0 bridgehead atoms. The number of nitrogens with zero attached hydrogens (tertiary/aromatic N) is 2. The Hall–Kier alpha value is -7.17. The van der Waals surface area contributed by atoms with Gasteiger partial charge in [-0.15, -0.1) is 5.46 Å². The van der Waals surface area contributed by atoms with Crippen molar-refractivity contribution < 1.29 is 4.42 Å². The minimum Gasteiger partial charge on any atom is -0.456 e. The Morgan fingerprint density at radius 1 is 0.328 bits per heavy atom. The summed E-state index contributed by atoms with van der Waals surface area (Å²) in [5, 5.41) is 7.44. The molecule has 0 aliphatic heterocycles. The molecule has 0 amide bonds. The number of hydrogen-bond donors (Lipinski definition) is 0. The van der Waals surface area contributed by atoms with Crippen LogP contribution in [0.2, 0.25) is 0 Å². The van der Waals surface area contributed by atoms with Crippen LogP contribution in [0.1, 0.15) is 0 Å². The maximum atomic E-state index is 6.50. The van der Waals surface area contributed by atoms with Gasteiger partial charge in [0.2, 0.25) is 0 Å². The second-order valence-corrected chi connectivity index (χ2v) is 17.9. The zero-order valence-electron chi connectivity index (χ0n) is 37.4. The molecular formula is C54H41B7N2O. The average Bonchev–Trinajstić information content (AvgIpc) is 4.01. The van der Waals surface area contributed by atoms with Gasteiger partial charge in [-0.25, -0.2) is 0 Å². The van der Waals surface area contributed by atoms with Gasteiger partial charge in [0, 0.05) is 38.3 Å². The molecule has 12 rings (SSSR count). The van der Waals surface area contributed by atoms with Crippen LogP contribution in [0.15, 0.2) is 168 Å². The molecule has 10 heteroatoms. The van der Waals surface area contributed by atoms with Crippen molar-refractivity contribution in [1.29, 1.82) is 0 Å². The third-order valence-corrected chi connectivity index (χ3v) is 14.6. The topological polar surface area (TPSA) is 23.0 Å². The van der Waals surface area contributed by atoms with Crippen LogP contribution in [0.4, 0.5) is 0 Å². The highest BCUT2D eigenvalue weighted by molar-refractivity contribution is 6.69. The van der Waals surface area contributed by atoms with Crippen LogP contribution in [0.5, 0.6) is 0 Å². The number of hydrogen-bond acceptors (Lipinski definition) is 1. The highest BCUT2D eigenvalue weighted by Crippen LogP contribution is 2.40. The Morgan fingerprint density at radius 3 is 1.67 bits per heavy atom. The van der Waals surface area contributed by atoms with Crippen LogP contribution in [-0.2, 0) is 0 Å². The van der Waals surface area contributed by atoms with Crippen LogP contribution >= 0.6 is 0 Å². The minimum absolute atomic E-state index is 0.907. The Labute approximate surface area is 379 Å². The van der Waals surface area contributed by atoms with Crippen LogP contribution in [-0.4, -0.2) is 64.1 Å². The van der Waals surface area contributed by atoms with Gasteiger partial charge >= 0.3 is 0 Å². The minimum atomic E-state index is 0.907. The smallest absolute Gasteiger partial charge is 0.141 e. The molecule has 64 heavy (non-hydrogen) atoms. The van der Waals surface area contributed by atoms with Crippen molar-refractivity contribution in [2.45, 2.75) is 0 Å². The largest absolute Gasteiger partial charge is 0.456 e. The highest BCUT2D eigenvalue weighted by atomic mass is 16.3.